The third kappa shape index (κ3) is 3.95. The Balaban J connectivity index is 1.53. The van der Waals surface area contributed by atoms with Crippen molar-refractivity contribution in [2.45, 2.75) is 31.6 Å². The van der Waals surface area contributed by atoms with Gasteiger partial charge in [-0.15, -0.1) is 0 Å². The van der Waals surface area contributed by atoms with E-state index in [4.69, 9.17) is 0 Å². The maximum absolute atomic E-state index is 13.8. The van der Waals surface area contributed by atoms with Gasteiger partial charge in [-0.05, 0) is 18.6 Å². The Bertz CT molecular complexity index is 640. The van der Waals surface area contributed by atoms with Crippen LogP contribution in [0.5, 0.6) is 0 Å². The fourth-order valence-electron chi connectivity index (χ4n) is 2.94. The average molecular weight is 320 g/mol. The number of hydrogen-bond donors (Lipinski definition) is 2. The van der Waals surface area contributed by atoms with Gasteiger partial charge in [0.1, 0.15) is 6.17 Å². The van der Waals surface area contributed by atoms with Gasteiger partial charge in [-0.2, -0.15) is 10.2 Å². The standard InChI is InChI=1S/C15H21FN6O/c1-21-13(3-5-19-21)10-22-9-11(16)6-14(22)8-17-15(23)7-12-2-4-18-20-12/h2-5,11,14H,6-10H2,1H3,(H,17,23)(H,18,20)/t11-,14-/m0/s1. The third-order valence-electron chi connectivity index (χ3n) is 4.21. The van der Waals surface area contributed by atoms with Gasteiger partial charge in [-0.1, -0.05) is 0 Å². The van der Waals surface area contributed by atoms with E-state index in [-0.39, 0.29) is 18.4 Å². The lowest BCUT2D eigenvalue weighted by Crippen LogP contribution is -2.40. The first kappa shape index (κ1) is 15.7. The largest absolute Gasteiger partial charge is 0.354 e. The molecule has 0 unspecified atom stereocenters. The maximum Gasteiger partial charge on any atom is 0.226 e. The third-order valence-corrected chi connectivity index (χ3v) is 4.21. The molecule has 0 aliphatic carbocycles. The number of amides is 1. The number of nitrogens with zero attached hydrogens (tertiary/aromatic N) is 4. The molecule has 1 saturated heterocycles. The van der Waals surface area contributed by atoms with Gasteiger partial charge >= 0.3 is 0 Å². The van der Waals surface area contributed by atoms with Crippen LogP contribution in [0.4, 0.5) is 4.39 Å². The van der Waals surface area contributed by atoms with Gasteiger partial charge in [-0.25, -0.2) is 4.39 Å². The number of carbonyl (C=O) groups is 1. The molecule has 1 fully saturated rings. The monoisotopic (exact) mass is 320 g/mol. The molecule has 2 aromatic rings. The molecule has 2 atom stereocenters. The topological polar surface area (TPSA) is 78.8 Å². The zero-order chi connectivity index (χ0) is 16.2. The number of halogens is 1. The average Bonchev–Trinajstić information content (AvgIpc) is 3.22. The van der Waals surface area contributed by atoms with Crippen LogP contribution in [0.1, 0.15) is 17.8 Å². The summed E-state index contributed by atoms with van der Waals surface area (Å²) in [4.78, 5) is 14.0. The van der Waals surface area contributed by atoms with Crippen molar-refractivity contribution in [2.24, 2.45) is 7.05 Å². The van der Waals surface area contributed by atoms with E-state index in [1.54, 1.807) is 23.1 Å². The van der Waals surface area contributed by atoms with E-state index in [0.29, 0.717) is 26.1 Å². The summed E-state index contributed by atoms with van der Waals surface area (Å²) in [5.74, 6) is -0.0861. The maximum atomic E-state index is 13.8. The van der Waals surface area contributed by atoms with Crippen molar-refractivity contribution in [1.82, 2.24) is 30.2 Å². The highest BCUT2D eigenvalue weighted by Crippen LogP contribution is 2.22. The summed E-state index contributed by atoms with van der Waals surface area (Å²) in [6.45, 7) is 1.48. The molecule has 23 heavy (non-hydrogen) atoms. The number of alkyl halides is 1. The van der Waals surface area contributed by atoms with Gasteiger partial charge in [0, 0.05) is 50.8 Å². The molecule has 0 bridgehead atoms. The molecular weight excluding hydrogens is 299 g/mol. The number of nitrogens with one attached hydrogen (secondary N) is 2. The van der Waals surface area contributed by atoms with Crippen LogP contribution in [0.25, 0.3) is 0 Å². The number of rotatable bonds is 6. The first-order valence-electron chi connectivity index (χ1n) is 7.72. The molecule has 3 heterocycles. The van der Waals surface area contributed by atoms with E-state index in [2.05, 4.69) is 25.5 Å². The minimum atomic E-state index is -0.849. The van der Waals surface area contributed by atoms with Gasteiger partial charge in [0.25, 0.3) is 0 Å². The van der Waals surface area contributed by atoms with Crippen molar-refractivity contribution in [1.29, 1.82) is 0 Å². The Labute approximate surface area is 133 Å². The van der Waals surface area contributed by atoms with E-state index < -0.39 is 6.17 Å². The molecule has 2 N–H and O–H groups in total. The van der Waals surface area contributed by atoms with Crippen molar-refractivity contribution in [3.63, 3.8) is 0 Å². The first-order chi connectivity index (χ1) is 11.1. The number of aryl methyl sites for hydroxylation is 1. The Morgan fingerprint density at radius 1 is 1.48 bits per heavy atom. The fraction of sp³-hybridized carbons (Fsp3) is 0.533. The van der Waals surface area contributed by atoms with Gasteiger partial charge in [0.05, 0.1) is 12.1 Å². The van der Waals surface area contributed by atoms with Crippen LogP contribution in [0.15, 0.2) is 24.5 Å². The highest BCUT2D eigenvalue weighted by Gasteiger charge is 2.32. The SMILES string of the molecule is Cn1nccc1CN1C[C@@H](F)C[C@H]1CNC(=O)Cc1ccn[nH]1. The molecule has 2 aromatic heterocycles. The highest BCUT2D eigenvalue weighted by molar-refractivity contribution is 5.78. The lowest BCUT2D eigenvalue weighted by Gasteiger charge is -2.24. The molecule has 0 radical (unpaired) electrons. The summed E-state index contributed by atoms with van der Waals surface area (Å²) >= 11 is 0. The van der Waals surface area contributed by atoms with Crippen LogP contribution in [0, 0.1) is 0 Å². The predicted molar refractivity (Wildman–Crippen MR) is 82.2 cm³/mol. The zero-order valence-corrected chi connectivity index (χ0v) is 13.1. The summed E-state index contributed by atoms with van der Waals surface area (Å²) in [6.07, 6.45) is 3.20. The predicted octanol–water partition coefficient (Wildman–Crippen LogP) is 0.415. The van der Waals surface area contributed by atoms with Crippen LogP contribution in [-0.2, 0) is 24.8 Å². The Morgan fingerprint density at radius 3 is 3.04 bits per heavy atom. The summed E-state index contributed by atoms with van der Waals surface area (Å²) in [6, 6.07) is 3.70. The zero-order valence-electron chi connectivity index (χ0n) is 13.1. The van der Waals surface area contributed by atoms with E-state index in [1.165, 1.54) is 0 Å². The van der Waals surface area contributed by atoms with Crippen molar-refractivity contribution in [3.8, 4) is 0 Å². The van der Waals surface area contributed by atoms with E-state index in [9.17, 15) is 9.18 Å². The van der Waals surface area contributed by atoms with Crippen molar-refractivity contribution >= 4 is 5.91 Å². The van der Waals surface area contributed by atoms with Gasteiger partial charge in [-0.3, -0.25) is 19.5 Å². The van der Waals surface area contributed by atoms with E-state index in [0.717, 1.165) is 11.4 Å². The number of H-pyrrole nitrogens is 1. The molecule has 1 aliphatic rings. The molecule has 0 spiro atoms. The van der Waals surface area contributed by atoms with Crippen LogP contribution in [0.2, 0.25) is 0 Å². The van der Waals surface area contributed by atoms with Crippen molar-refractivity contribution in [3.05, 3.63) is 35.9 Å². The molecule has 1 amide bonds. The molecule has 3 rings (SSSR count). The summed E-state index contributed by atoms with van der Waals surface area (Å²) in [7, 11) is 1.87. The van der Waals surface area contributed by atoms with Gasteiger partial charge in [0.15, 0.2) is 0 Å². The van der Waals surface area contributed by atoms with Crippen LogP contribution >= 0.6 is 0 Å². The van der Waals surface area contributed by atoms with Gasteiger partial charge in [0.2, 0.25) is 5.91 Å². The normalized spacial score (nSPS) is 21.7. The molecule has 1 aliphatic heterocycles. The number of aromatic nitrogens is 4. The number of likely N-dealkylation sites (tertiary alicyclic amines) is 1. The Morgan fingerprint density at radius 2 is 2.35 bits per heavy atom. The van der Waals surface area contributed by atoms with Crippen molar-refractivity contribution in [2.75, 3.05) is 13.1 Å². The molecular formula is C15H21FN6O. The van der Waals surface area contributed by atoms with Gasteiger partial charge < -0.3 is 5.32 Å². The lowest BCUT2D eigenvalue weighted by atomic mass is 10.2. The number of aromatic amines is 1. The second-order valence-corrected chi connectivity index (χ2v) is 5.93. The summed E-state index contributed by atoms with van der Waals surface area (Å²) < 4.78 is 15.6. The highest BCUT2D eigenvalue weighted by atomic mass is 19.1. The quantitative estimate of drug-likeness (QED) is 0.808. The minimum absolute atomic E-state index is 0.00520. The van der Waals surface area contributed by atoms with Crippen LogP contribution < -0.4 is 5.32 Å². The van der Waals surface area contributed by atoms with E-state index >= 15 is 0 Å². The second kappa shape index (κ2) is 6.91. The molecule has 0 aromatic carbocycles. The lowest BCUT2D eigenvalue weighted by molar-refractivity contribution is -0.120. The smallest absolute Gasteiger partial charge is 0.226 e. The number of carbonyl (C=O) groups excluding carboxylic acids is 1. The fourth-order valence-corrected chi connectivity index (χ4v) is 2.94. The van der Waals surface area contributed by atoms with Crippen LogP contribution in [0.3, 0.4) is 0 Å². The molecule has 7 nitrogen and oxygen atoms in total. The first-order valence-corrected chi connectivity index (χ1v) is 7.72. The molecule has 8 heteroatoms. The number of hydrogen-bond acceptors (Lipinski definition) is 4. The second-order valence-electron chi connectivity index (χ2n) is 5.93. The molecule has 0 saturated carbocycles. The molecule has 124 valence electrons. The Hall–Kier alpha value is -2.22. The summed E-state index contributed by atoms with van der Waals surface area (Å²) in [5, 5.41) is 13.6. The summed E-state index contributed by atoms with van der Waals surface area (Å²) in [5.41, 5.74) is 1.80. The minimum Gasteiger partial charge on any atom is -0.354 e. The van der Waals surface area contributed by atoms with Crippen LogP contribution in [-0.4, -0.2) is 56.1 Å². The Kier molecular flexibility index (Phi) is 4.71. The van der Waals surface area contributed by atoms with Crippen molar-refractivity contribution < 1.29 is 9.18 Å². The van der Waals surface area contributed by atoms with E-state index in [1.807, 2.05) is 13.1 Å².